The van der Waals surface area contributed by atoms with E-state index >= 15 is 0 Å². The van der Waals surface area contributed by atoms with Gasteiger partial charge in [-0.3, -0.25) is 4.68 Å². The van der Waals surface area contributed by atoms with Crippen LogP contribution in [0.4, 0.5) is 5.82 Å². The lowest BCUT2D eigenvalue weighted by molar-refractivity contribution is 0.310. The number of aryl methyl sites for hydroxylation is 1. The SMILES string of the molecule is Cn1nccc1NCC1(N)CCCCC1. The topological polar surface area (TPSA) is 55.9 Å². The van der Waals surface area contributed by atoms with Gasteiger partial charge in [0.1, 0.15) is 5.82 Å². The lowest BCUT2D eigenvalue weighted by Crippen LogP contribution is -2.47. The van der Waals surface area contributed by atoms with Gasteiger partial charge in [0.05, 0.1) is 6.20 Å². The van der Waals surface area contributed by atoms with Crippen LogP contribution in [0.3, 0.4) is 0 Å². The highest BCUT2D eigenvalue weighted by Crippen LogP contribution is 2.26. The van der Waals surface area contributed by atoms with Gasteiger partial charge in [0.2, 0.25) is 0 Å². The maximum atomic E-state index is 6.33. The van der Waals surface area contributed by atoms with E-state index < -0.39 is 0 Å². The van der Waals surface area contributed by atoms with E-state index in [1.54, 1.807) is 6.20 Å². The Labute approximate surface area is 90.8 Å². The molecule has 1 saturated carbocycles. The second-order valence-electron chi connectivity index (χ2n) is 4.62. The van der Waals surface area contributed by atoms with E-state index in [0.29, 0.717) is 0 Å². The molecule has 0 aromatic carbocycles. The fraction of sp³-hybridized carbons (Fsp3) is 0.727. The molecule has 1 aliphatic rings. The van der Waals surface area contributed by atoms with E-state index in [1.165, 1.54) is 19.3 Å². The summed E-state index contributed by atoms with van der Waals surface area (Å²) >= 11 is 0. The molecule has 2 rings (SSSR count). The van der Waals surface area contributed by atoms with Crippen molar-refractivity contribution in [1.29, 1.82) is 0 Å². The van der Waals surface area contributed by atoms with Crippen molar-refractivity contribution in [1.82, 2.24) is 9.78 Å². The van der Waals surface area contributed by atoms with Crippen LogP contribution in [0.1, 0.15) is 32.1 Å². The molecule has 0 bridgehead atoms. The minimum absolute atomic E-state index is 0.0114. The van der Waals surface area contributed by atoms with Crippen LogP contribution in [0.2, 0.25) is 0 Å². The van der Waals surface area contributed by atoms with Crippen molar-refractivity contribution in [3.63, 3.8) is 0 Å². The molecule has 1 aromatic rings. The lowest BCUT2D eigenvalue weighted by atomic mass is 9.82. The summed E-state index contributed by atoms with van der Waals surface area (Å²) in [6.07, 6.45) is 7.94. The van der Waals surface area contributed by atoms with Crippen LogP contribution in [-0.4, -0.2) is 21.9 Å². The number of nitrogens with zero attached hydrogens (tertiary/aromatic N) is 2. The van der Waals surface area contributed by atoms with Crippen LogP contribution in [0, 0.1) is 0 Å². The predicted molar refractivity (Wildman–Crippen MR) is 61.7 cm³/mol. The standard InChI is InChI=1S/C11H20N4/c1-15-10(5-8-14-15)13-9-11(12)6-3-2-4-7-11/h5,8,13H,2-4,6-7,9,12H2,1H3. The van der Waals surface area contributed by atoms with E-state index in [4.69, 9.17) is 5.73 Å². The Kier molecular flexibility index (Phi) is 2.95. The third kappa shape index (κ3) is 2.50. The van der Waals surface area contributed by atoms with Crippen LogP contribution in [0.25, 0.3) is 0 Å². The average Bonchev–Trinajstić information content (AvgIpc) is 2.62. The van der Waals surface area contributed by atoms with Crippen molar-refractivity contribution in [2.24, 2.45) is 12.8 Å². The molecule has 0 spiro atoms. The van der Waals surface area contributed by atoms with Gasteiger partial charge in [-0.1, -0.05) is 19.3 Å². The summed E-state index contributed by atoms with van der Waals surface area (Å²) in [5.41, 5.74) is 6.32. The number of hydrogen-bond acceptors (Lipinski definition) is 3. The quantitative estimate of drug-likeness (QED) is 0.791. The van der Waals surface area contributed by atoms with Crippen molar-refractivity contribution in [2.75, 3.05) is 11.9 Å². The smallest absolute Gasteiger partial charge is 0.123 e. The number of nitrogens with two attached hydrogens (primary N) is 1. The van der Waals surface area contributed by atoms with Crippen molar-refractivity contribution < 1.29 is 0 Å². The Morgan fingerprint density at radius 3 is 2.80 bits per heavy atom. The van der Waals surface area contributed by atoms with Crippen molar-refractivity contribution >= 4 is 5.82 Å². The monoisotopic (exact) mass is 208 g/mol. The number of anilines is 1. The van der Waals surface area contributed by atoms with Crippen molar-refractivity contribution in [2.45, 2.75) is 37.6 Å². The number of aromatic nitrogens is 2. The minimum Gasteiger partial charge on any atom is -0.368 e. The summed E-state index contributed by atoms with van der Waals surface area (Å²) in [7, 11) is 1.94. The molecule has 1 fully saturated rings. The molecule has 1 aromatic heterocycles. The molecular weight excluding hydrogens is 188 g/mol. The second-order valence-corrected chi connectivity index (χ2v) is 4.62. The molecule has 3 N–H and O–H groups in total. The Hall–Kier alpha value is -1.03. The zero-order valence-corrected chi connectivity index (χ0v) is 9.37. The summed E-state index contributed by atoms with van der Waals surface area (Å²) in [6, 6.07) is 1.98. The highest BCUT2D eigenvalue weighted by molar-refractivity contribution is 5.34. The molecule has 4 nitrogen and oxygen atoms in total. The molecule has 0 aliphatic heterocycles. The van der Waals surface area contributed by atoms with Gasteiger partial charge in [0, 0.05) is 25.2 Å². The van der Waals surface area contributed by atoms with Gasteiger partial charge in [0.15, 0.2) is 0 Å². The first-order valence-electron chi connectivity index (χ1n) is 5.70. The van der Waals surface area contributed by atoms with E-state index in [2.05, 4.69) is 10.4 Å². The van der Waals surface area contributed by atoms with Gasteiger partial charge < -0.3 is 11.1 Å². The summed E-state index contributed by atoms with van der Waals surface area (Å²) < 4.78 is 1.84. The molecule has 15 heavy (non-hydrogen) atoms. The second kappa shape index (κ2) is 4.23. The number of rotatable bonds is 3. The fourth-order valence-electron chi connectivity index (χ4n) is 2.25. The van der Waals surface area contributed by atoms with Gasteiger partial charge in [-0.25, -0.2) is 0 Å². The number of nitrogens with one attached hydrogen (secondary N) is 1. The van der Waals surface area contributed by atoms with Crippen LogP contribution >= 0.6 is 0 Å². The maximum Gasteiger partial charge on any atom is 0.123 e. The molecule has 0 radical (unpaired) electrons. The Morgan fingerprint density at radius 1 is 1.47 bits per heavy atom. The predicted octanol–water partition coefficient (Wildman–Crippen LogP) is 1.49. The third-order valence-electron chi connectivity index (χ3n) is 3.29. The van der Waals surface area contributed by atoms with Crippen molar-refractivity contribution in [3.8, 4) is 0 Å². The molecular formula is C11H20N4. The largest absolute Gasteiger partial charge is 0.368 e. The molecule has 0 atom stereocenters. The van der Waals surface area contributed by atoms with Gasteiger partial charge in [-0.15, -0.1) is 0 Å². The third-order valence-corrected chi connectivity index (χ3v) is 3.29. The molecule has 0 amide bonds. The zero-order valence-electron chi connectivity index (χ0n) is 9.37. The Bertz CT molecular complexity index is 312. The fourth-order valence-corrected chi connectivity index (χ4v) is 2.25. The molecule has 4 heteroatoms. The van der Waals surface area contributed by atoms with Crippen LogP contribution in [0.5, 0.6) is 0 Å². The molecule has 1 aliphatic carbocycles. The summed E-state index contributed by atoms with van der Waals surface area (Å²) in [6.45, 7) is 0.854. The number of hydrogen-bond donors (Lipinski definition) is 2. The van der Waals surface area contributed by atoms with Crippen LogP contribution in [0.15, 0.2) is 12.3 Å². The first-order chi connectivity index (χ1) is 7.20. The first kappa shape index (κ1) is 10.5. The first-order valence-corrected chi connectivity index (χ1v) is 5.70. The van der Waals surface area contributed by atoms with Crippen LogP contribution in [-0.2, 0) is 7.05 Å². The van der Waals surface area contributed by atoms with E-state index in [-0.39, 0.29) is 5.54 Å². The maximum absolute atomic E-state index is 6.33. The normalized spacial score (nSPS) is 20.1. The van der Waals surface area contributed by atoms with E-state index in [0.717, 1.165) is 25.2 Å². The highest BCUT2D eigenvalue weighted by atomic mass is 15.3. The Morgan fingerprint density at radius 2 is 2.20 bits per heavy atom. The molecule has 0 unspecified atom stereocenters. The minimum atomic E-state index is -0.0114. The summed E-state index contributed by atoms with van der Waals surface area (Å²) in [5.74, 6) is 1.05. The summed E-state index contributed by atoms with van der Waals surface area (Å²) in [5, 5.41) is 7.50. The van der Waals surface area contributed by atoms with Crippen molar-refractivity contribution in [3.05, 3.63) is 12.3 Å². The Balaban J connectivity index is 1.89. The van der Waals surface area contributed by atoms with E-state index in [1.807, 2.05) is 17.8 Å². The molecule has 0 saturated heterocycles. The zero-order chi connectivity index (χ0) is 10.7. The van der Waals surface area contributed by atoms with Gasteiger partial charge in [-0.2, -0.15) is 5.10 Å². The molecule has 1 heterocycles. The van der Waals surface area contributed by atoms with Gasteiger partial charge in [0.25, 0.3) is 0 Å². The average molecular weight is 208 g/mol. The van der Waals surface area contributed by atoms with E-state index in [9.17, 15) is 0 Å². The molecule has 84 valence electrons. The van der Waals surface area contributed by atoms with Gasteiger partial charge >= 0.3 is 0 Å². The highest BCUT2D eigenvalue weighted by Gasteiger charge is 2.27. The lowest BCUT2D eigenvalue weighted by Gasteiger charge is -2.33. The van der Waals surface area contributed by atoms with Gasteiger partial charge in [-0.05, 0) is 12.8 Å². The summed E-state index contributed by atoms with van der Waals surface area (Å²) in [4.78, 5) is 0. The van der Waals surface area contributed by atoms with Crippen LogP contribution < -0.4 is 11.1 Å².